The van der Waals surface area contributed by atoms with Crippen LogP contribution in [0.15, 0.2) is 54.6 Å². The minimum absolute atomic E-state index is 0.0213. The summed E-state index contributed by atoms with van der Waals surface area (Å²) in [5, 5.41) is 19.9. The highest BCUT2D eigenvalue weighted by Crippen LogP contribution is 2.48. The molecule has 0 aromatic heterocycles. The molecule has 0 saturated carbocycles. The van der Waals surface area contributed by atoms with Crippen LogP contribution in [0.4, 0.5) is 0 Å². The number of benzene rings is 2. The van der Waals surface area contributed by atoms with Crippen LogP contribution in [0.5, 0.6) is 11.5 Å². The lowest BCUT2D eigenvalue weighted by atomic mass is 9.77. The number of phenols is 2. The van der Waals surface area contributed by atoms with Crippen molar-refractivity contribution in [2.24, 2.45) is 0 Å². The molecule has 1 heterocycles. The number of hydrogen-bond donors (Lipinski definition) is 2. The first kappa shape index (κ1) is 14.3. The summed E-state index contributed by atoms with van der Waals surface area (Å²) in [6, 6.07) is 14.5. The fourth-order valence-corrected chi connectivity index (χ4v) is 4.21. The summed E-state index contributed by atoms with van der Waals surface area (Å²) in [7, 11) is 0. The highest BCUT2D eigenvalue weighted by atomic mass is 16.3. The number of likely N-dealkylation sites (tertiary alicyclic amines) is 1. The normalized spacial score (nSPS) is 23.6. The summed E-state index contributed by atoms with van der Waals surface area (Å²) in [6.07, 6.45) is 1.79. The van der Waals surface area contributed by atoms with Crippen LogP contribution in [0.2, 0.25) is 0 Å². The van der Waals surface area contributed by atoms with Crippen LogP contribution in [0.1, 0.15) is 29.0 Å². The van der Waals surface area contributed by atoms with Gasteiger partial charge in [0.25, 0.3) is 0 Å². The minimum Gasteiger partial charge on any atom is -0.504 e. The fourth-order valence-electron chi connectivity index (χ4n) is 4.21. The highest BCUT2D eigenvalue weighted by molar-refractivity contribution is 5.54. The monoisotopic (exact) mass is 307 g/mol. The molecule has 0 radical (unpaired) electrons. The molecule has 1 aliphatic heterocycles. The molecule has 1 saturated heterocycles. The van der Waals surface area contributed by atoms with Gasteiger partial charge in [-0.1, -0.05) is 48.6 Å². The average molecular weight is 307 g/mol. The van der Waals surface area contributed by atoms with Crippen molar-refractivity contribution in [3.63, 3.8) is 0 Å². The molecule has 0 unspecified atom stereocenters. The largest absolute Gasteiger partial charge is 0.504 e. The van der Waals surface area contributed by atoms with Gasteiger partial charge in [-0.05, 0) is 30.0 Å². The van der Waals surface area contributed by atoms with Crippen LogP contribution in [0.25, 0.3) is 0 Å². The van der Waals surface area contributed by atoms with Gasteiger partial charge in [-0.2, -0.15) is 0 Å². The second-order valence-corrected chi connectivity index (χ2v) is 6.63. The van der Waals surface area contributed by atoms with Crippen LogP contribution in [-0.2, 0) is 13.0 Å². The molecule has 118 valence electrons. The van der Waals surface area contributed by atoms with Crippen molar-refractivity contribution >= 4 is 0 Å². The van der Waals surface area contributed by atoms with Crippen LogP contribution in [0.3, 0.4) is 0 Å². The molecule has 0 amide bonds. The Kier molecular flexibility index (Phi) is 3.38. The predicted octanol–water partition coefficient (Wildman–Crippen LogP) is 3.57. The van der Waals surface area contributed by atoms with Crippen molar-refractivity contribution < 1.29 is 10.2 Å². The molecule has 2 aromatic rings. The number of hydrogen-bond acceptors (Lipinski definition) is 3. The molecule has 23 heavy (non-hydrogen) atoms. The molecule has 1 fully saturated rings. The van der Waals surface area contributed by atoms with Gasteiger partial charge in [-0.25, -0.2) is 0 Å². The maximum atomic E-state index is 10.2. The van der Waals surface area contributed by atoms with E-state index in [2.05, 4.69) is 35.7 Å². The minimum atomic E-state index is -0.0213. The SMILES string of the molecule is C=C1CN(Cc2ccccc2)[C@H]2CCc3c(ccc(O)c3O)[C@H]12. The Bertz CT molecular complexity index is 754. The van der Waals surface area contributed by atoms with Gasteiger partial charge in [0.05, 0.1) is 0 Å². The number of aromatic hydroxyl groups is 2. The summed E-state index contributed by atoms with van der Waals surface area (Å²) in [5.74, 6) is 0.288. The van der Waals surface area contributed by atoms with Gasteiger partial charge in [-0.15, -0.1) is 0 Å². The Morgan fingerprint density at radius 3 is 2.65 bits per heavy atom. The Labute approximate surface area is 136 Å². The van der Waals surface area contributed by atoms with E-state index in [1.54, 1.807) is 6.07 Å². The molecule has 0 spiro atoms. The summed E-state index contributed by atoms with van der Waals surface area (Å²) in [5.41, 5.74) is 4.56. The third kappa shape index (κ3) is 2.32. The maximum Gasteiger partial charge on any atom is 0.160 e. The van der Waals surface area contributed by atoms with Gasteiger partial charge in [0.2, 0.25) is 0 Å². The molecule has 1 aliphatic carbocycles. The molecule has 2 aliphatic rings. The zero-order valence-corrected chi connectivity index (χ0v) is 13.1. The molecule has 3 heteroatoms. The van der Waals surface area contributed by atoms with Crippen LogP contribution >= 0.6 is 0 Å². The van der Waals surface area contributed by atoms with E-state index in [1.165, 1.54) is 11.1 Å². The number of phenolic OH excluding ortho intramolecular Hbond substituents is 2. The zero-order chi connectivity index (χ0) is 16.0. The van der Waals surface area contributed by atoms with E-state index in [1.807, 2.05) is 12.1 Å². The van der Waals surface area contributed by atoms with Crippen LogP contribution in [0, 0.1) is 0 Å². The van der Waals surface area contributed by atoms with E-state index in [0.717, 1.165) is 37.1 Å². The van der Waals surface area contributed by atoms with E-state index in [9.17, 15) is 10.2 Å². The lowest BCUT2D eigenvalue weighted by Crippen LogP contribution is -2.34. The molecular weight excluding hydrogens is 286 g/mol. The van der Waals surface area contributed by atoms with Gasteiger partial charge in [0.1, 0.15) is 0 Å². The van der Waals surface area contributed by atoms with Gasteiger partial charge in [0.15, 0.2) is 11.5 Å². The highest BCUT2D eigenvalue weighted by Gasteiger charge is 2.41. The van der Waals surface area contributed by atoms with Crippen molar-refractivity contribution in [1.82, 2.24) is 4.90 Å². The lowest BCUT2D eigenvalue weighted by molar-refractivity contribution is 0.218. The second kappa shape index (κ2) is 5.43. The number of rotatable bonds is 2. The van der Waals surface area contributed by atoms with Crippen molar-refractivity contribution in [3.8, 4) is 11.5 Å². The summed E-state index contributed by atoms with van der Waals surface area (Å²) in [6.45, 7) is 6.12. The third-order valence-electron chi connectivity index (χ3n) is 5.25. The van der Waals surface area contributed by atoms with E-state index in [-0.39, 0.29) is 17.4 Å². The average Bonchev–Trinajstić information content (AvgIpc) is 2.88. The smallest absolute Gasteiger partial charge is 0.160 e. The Balaban J connectivity index is 1.66. The molecule has 0 bridgehead atoms. The van der Waals surface area contributed by atoms with Crippen molar-refractivity contribution in [3.05, 3.63) is 71.3 Å². The zero-order valence-electron chi connectivity index (χ0n) is 13.1. The first-order valence-electron chi connectivity index (χ1n) is 8.14. The van der Waals surface area contributed by atoms with Crippen molar-refractivity contribution in [2.75, 3.05) is 6.54 Å². The lowest BCUT2D eigenvalue weighted by Gasteiger charge is -2.33. The van der Waals surface area contributed by atoms with Crippen molar-refractivity contribution in [2.45, 2.75) is 31.3 Å². The van der Waals surface area contributed by atoms with Crippen LogP contribution in [-0.4, -0.2) is 27.7 Å². The Morgan fingerprint density at radius 1 is 1.09 bits per heavy atom. The number of fused-ring (bicyclic) bond motifs is 3. The molecule has 4 rings (SSSR count). The van der Waals surface area contributed by atoms with E-state index < -0.39 is 0 Å². The predicted molar refractivity (Wildman–Crippen MR) is 90.6 cm³/mol. The Hall–Kier alpha value is -2.26. The van der Waals surface area contributed by atoms with E-state index >= 15 is 0 Å². The topological polar surface area (TPSA) is 43.7 Å². The molecular formula is C20H21NO2. The third-order valence-corrected chi connectivity index (χ3v) is 5.25. The first-order valence-corrected chi connectivity index (χ1v) is 8.14. The summed E-state index contributed by atoms with van der Waals surface area (Å²) < 4.78 is 0. The van der Waals surface area contributed by atoms with Crippen LogP contribution < -0.4 is 0 Å². The van der Waals surface area contributed by atoms with E-state index in [0.29, 0.717) is 6.04 Å². The Morgan fingerprint density at radius 2 is 1.87 bits per heavy atom. The molecule has 2 atom stereocenters. The standard InChI is InChI=1S/C20H21NO2/c1-13-11-21(12-14-5-3-2-4-6-14)17-9-7-16-15(19(13)17)8-10-18(22)20(16)23/h2-6,8,10,17,19,22-23H,1,7,9,11-12H2/t17-,19-/m0/s1. The van der Waals surface area contributed by atoms with Gasteiger partial charge in [-0.3, -0.25) is 4.90 Å². The summed E-state index contributed by atoms with van der Waals surface area (Å²) >= 11 is 0. The molecule has 2 aromatic carbocycles. The fraction of sp³-hybridized carbons (Fsp3) is 0.300. The van der Waals surface area contributed by atoms with Gasteiger partial charge < -0.3 is 10.2 Å². The van der Waals surface area contributed by atoms with Gasteiger partial charge >= 0.3 is 0 Å². The van der Waals surface area contributed by atoms with Gasteiger partial charge in [0, 0.05) is 30.6 Å². The molecule has 3 nitrogen and oxygen atoms in total. The number of nitrogens with zero attached hydrogens (tertiary/aromatic N) is 1. The maximum absolute atomic E-state index is 10.2. The second-order valence-electron chi connectivity index (χ2n) is 6.63. The van der Waals surface area contributed by atoms with E-state index in [4.69, 9.17) is 0 Å². The quantitative estimate of drug-likeness (QED) is 0.658. The van der Waals surface area contributed by atoms with Crippen molar-refractivity contribution in [1.29, 1.82) is 0 Å². The molecule has 2 N–H and O–H groups in total. The summed E-state index contributed by atoms with van der Waals surface area (Å²) in [4.78, 5) is 2.50. The first-order chi connectivity index (χ1) is 11.1.